The van der Waals surface area contributed by atoms with Gasteiger partial charge in [-0.1, -0.05) is 41.8 Å². The predicted molar refractivity (Wildman–Crippen MR) is 74.2 cm³/mol. The van der Waals surface area contributed by atoms with Gasteiger partial charge in [0, 0.05) is 15.9 Å². The van der Waals surface area contributed by atoms with Crippen LogP contribution in [-0.4, -0.2) is 5.75 Å². The van der Waals surface area contributed by atoms with Crippen LogP contribution in [0, 0.1) is 0 Å². The lowest BCUT2D eigenvalue weighted by molar-refractivity contribution is 0.778. The summed E-state index contributed by atoms with van der Waals surface area (Å²) < 4.78 is 1.13. The molecule has 0 saturated carbocycles. The highest BCUT2D eigenvalue weighted by Gasteiger charge is 2.00. The molecule has 1 rings (SSSR count). The van der Waals surface area contributed by atoms with Crippen LogP contribution in [0.3, 0.4) is 0 Å². The van der Waals surface area contributed by atoms with Crippen molar-refractivity contribution in [2.45, 2.75) is 31.9 Å². The zero-order chi connectivity index (χ0) is 11.1. The molecule has 0 fully saturated rings. The molecule has 0 bridgehead atoms. The first-order chi connectivity index (χ1) is 7.24. The van der Waals surface area contributed by atoms with Gasteiger partial charge in [-0.05, 0) is 29.9 Å². The van der Waals surface area contributed by atoms with Gasteiger partial charge in [0.15, 0.2) is 0 Å². The molecule has 0 unspecified atom stereocenters. The standard InChI is InChI=1S/C12H18BrNS/c1-2-3-4-7-15-9-10-5-6-11(14)8-12(10)13/h5-6,8H,2-4,7,9,14H2,1H3. The van der Waals surface area contributed by atoms with Crippen molar-refractivity contribution in [3.05, 3.63) is 28.2 Å². The molecule has 0 saturated heterocycles. The zero-order valence-corrected chi connectivity index (χ0v) is 11.5. The Balaban J connectivity index is 2.31. The number of anilines is 1. The fourth-order valence-corrected chi connectivity index (χ4v) is 3.06. The maximum Gasteiger partial charge on any atom is 0.0325 e. The van der Waals surface area contributed by atoms with E-state index in [4.69, 9.17) is 5.73 Å². The lowest BCUT2D eigenvalue weighted by Gasteiger charge is -2.05. The molecule has 0 aliphatic heterocycles. The van der Waals surface area contributed by atoms with Gasteiger partial charge in [-0.15, -0.1) is 0 Å². The predicted octanol–water partition coefficient (Wildman–Crippen LogP) is 4.45. The van der Waals surface area contributed by atoms with E-state index in [9.17, 15) is 0 Å². The normalized spacial score (nSPS) is 10.5. The van der Waals surface area contributed by atoms with E-state index in [2.05, 4.69) is 28.9 Å². The summed E-state index contributed by atoms with van der Waals surface area (Å²) in [6.07, 6.45) is 3.97. The van der Waals surface area contributed by atoms with E-state index < -0.39 is 0 Å². The maximum absolute atomic E-state index is 5.69. The molecule has 3 heteroatoms. The van der Waals surface area contributed by atoms with E-state index in [1.54, 1.807) is 0 Å². The number of hydrogen-bond acceptors (Lipinski definition) is 2. The number of unbranched alkanes of at least 4 members (excludes halogenated alkanes) is 2. The number of nitrogen functional groups attached to an aromatic ring is 1. The Labute approximate surface area is 105 Å². The number of benzene rings is 1. The number of halogens is 1. The summed E-state index contributed by atoms with van der Waals surface area (Å²) in [5.74, 6) is 2.33. The quantitative estimate of drug-likeness (QED) is 0.618. The first-order valence-electron chi connectivity index (χ1n) is 5.35. The van der Waals surface area contributed by atoms with Crippen LogP contribution >= 0.6 is 27.7 Å². The number of nitrogens with two attached hydrogens (primary N) is 1. The SMILES string of the molecule is CCCCCSCc1ccc(N)cc1Br. The Kier molecular flexibility index (Phi) is 6.18. The largest absolute Gasteiger partial charge is 0.399 e. The Bertz CT molecular complexity index is 302. The van der Waals surface area contributed by atoms with Crippen molar-refractivity contribution in [3.63, 3.8) is 0 Å². The molecule has 1 aromatic carbocycles. The molecule has 0 radical (unpaired) electrons. The topological polar surface area (TPSA) is 26.0 Å². The summed E-state index contributed by atoms with van der Waals surface area (Å²) >= 11 is 5.53. The molecule has 0 spiro atoms. The molecule has 0 amide bonds. The summed E-state index contributed by atoms with van der Waals surface area (Å²) in [6, 6.07) is 6.04. The molecular weight excluding hydrogens is 270 g/mol. The third kappa shape index (κ3) is 4.94. The van der Waals surface area contributed by atoms with Gasteiger partial charge in [0.1, 0.15) is 0 Å². The number of rotatable bonds is 6. The third-order valence-electron chi connectivity index (χ3n) is 2.23. The van der Waals surface area contributed by atoms with Crippen LogP contribution in [0.4, 0.5) is 5.69 Å². The van der Waals surface area contributed by atoms with Crippen molar-refractivity contribution in [1.29, 1.82) is 0 Å². The van der Waals surface area contributed by atoms with Gasteiger partial charge in [0.25, 0.3) is 0 Å². The van der Waals surface area contributed by atoms with Gasteiger partial charge in [-0.3, -0.25) is 0 Å². The highest BCUT2D eigenvalue weighted by Crippen LogP contribution is 2.24. The van der Waals surface area contributed by atoms with Gasteiger partial charge >= 0.3 is 0 Å². The average Bonchev–Trinajstić information content (AvgIpc) is 2.20. The molecule has 1 nitrogen and oxygen atoms in total. The number of hydrogen-bond donors (Lipinski definition) is 1. The second-order valence-corrected chi connectivity index (χ2v) is 5.57. The van der Waals surface area contributed by atoms with Crippen molar-refractivity contribution in [2.24, 2.45) is 0 Å². The highest BCUT2D eigenvalue weighted by molar-refractivity contribution is 9.10. The van der Waals surface area contributed by atoms with E-state index in [0.717, 1.165) is 15.9 Å². The van der Waals surface area contributed by atoms with E-state index in [-0.39, 0.29) is 0 Å². The minimum atomic E-state index is 0.821. The first-order valence-corrected chi connectivity index (χ1v) is 7.30. The van der Waals surface area contributed by atoms with Gasteiger partial charge in [-0.25, -0.2) is 0 Å². The second-order valence-electron chi connectivity index (χ2n) is 3.61. The lowest BCUT2D eigenvalue weighted by atomic mass is 10.2. The van der Waals surface area contributed by atoms with Crippen molar-refractivity contribution in [2.75, 3.05) is 11.5 Å². The highest BCUT2D eigenvalue weighted by atomic mass is 79.9. The van der Waals surface area contributed by atoms with Crippen LogP contribution in [0.15, 0.2) is 22.7 Å². The maximum atomic E-state index is 5.69. The van der Waals surface area contributed by atoms with E-state index in [1.165, 1.54) is 30.6 Å². The van der Waals surface area contributed by atoms with Crippen LogP contribution in [0.2, 0.25) is 0 Å². The summed E-state index contributed by atoms with van der Waals surface area (Å²) in [7, 11) is 0. The fourth-order valence-electron chi connectivity index (χ4n) is 1.32. The van der Waals surface area contributed by atoms with E-state index in [1.807, 2.05) is 23.9 Å². The molecule has 0 heterocycles. The molecule has 84 valence electrons. The molecule has 0 aliphatic carbocycles. The third-order valence-corrected chi connectivity index (χ3v) is 4.06. The summed E-state index contributed by atoms with van der Waals surface area (Å²) in [6.45, 7) is 2.24. The molecule has 2 N–H and O–H groups in total. The monoisotopic (exact) mass is 287 g/mol. The Morgan fingerprint density at radius 3 is 2.80 bits per heavy atom. The zero-order valence-electron chi connectivity index (χ0n) is 9.13. The van der Waals surface area contributed by atoms with Gasteiger partial charge < -0.3 is 5.73 Å². The Morgan fingerprint density at radius 2 is 2.13 bits per heavy atom. The average molecular weight is 288 g/mol. The molecular formula is C12H18BrNS. The molecule has 1 aromatic rings. The smallest absolute Gasteiger partial charge is 0.0325 e. The van der Waals surface area contributed by atoms with Gasteiger partial charge in [0.05, 0.1) is 0 Å². The Hall–Kier alpha value is -0.150. The van der Waals surface area contributed by atoms with Crippen LogP contribution in [-0.2, 0) is 5.75 Å². The van der Waals surface area contributed by atoms with E-state index >= 15 is 0 Å². The lowest BCUT2D eigenvalue weighted by Crippen LogP contribution is -1.89. The van der Waals surface area contributed by atoms with Crippen LogP contribution in [0.5, 0.6) is 0 Å². The minimum absolute atomic E-state index is 0.821. The summed E-state index contributed by atoms with van der Waals surface area (Å²) in [4.78, 5) is 0. The summed E-state index contributed by atoms with van der Waals surface area (Å²) in [5.41, 5.74) is 7.84. The molecule has 15 heavy (non-hydrogen) atoms. The Morgan fingerprint density at radius 1 is 1.33 bits per heavy atom. The van der Waals surface area contributed by atoms with Crippen molar-refractivity contribution in [1.82, 2.24) is 0 Å². The van der Waals surface area contributed by atoms with E-state index in [0.29, 0.717) is 0 Å². The van der Waals surface area contributed by atoms with Crippen molar-refractivity contribution >= 4 is 33.4 Å². The van der Waals surface area contributed by atoms with Crippen molar-refractivity contribution < 1.29 is 0 Å². The number of thioether (sulfide) groups is 1. The van der Waals surface area contributed by atoms with Gasteiger partial charge in [-0.2, -0.15) is 11.8 Å². The van der Waals surface area contributed by atoms with Crippen LogP contribution < -0.4 is 5.73 Å². The molecule has 0 aliphatic rings. The van der Waals surface area contributed by atoms with Crippen LogP contribution in [0.25, 0.3) is 0 Å². The molecule has 0 aromatic heterocycles. The minimum Gasteiger partial charge on any atom is -0.399 e. The second kappa shape index (κ2) is 7.18. The fraction of sp³-hybridized carbons (Fsp3) is 0.500. The first kappa shape index (κ1) is 12.9. The van der Waals surface area contributed by atoms with Crippen LogP contribution in [0.1, 0.15) is 31.7 Å². The molecule has 0 atom stereocenters. The van der Waals surface area contributed by atoms with Crippen molar-refractivity contribution in [3.8, 4) is 0 Å². The van der Waals surface area contributed by atoms with Gasteiger partial charge in [0.2, 0.25) is 0 Å². The summed E-state index contributed by atoms with van der Waals surface area (Å²) in [5, 5.41) is 0.